The smallest absolute Gasteiger partial charge is 0.343 e. The molecule has 2 aromatic heterocycles. The van der Waals surface area contributed by atoms with Crippen LogP contribution in [0.5, 0.6) is 0 Å². The average molecular weight is 567 g/mol. The van der Waals surface area contributed by atoms with Gasteiger partial charge in [0, 0.05) is 17.2 Å². The summed E-state index contributed by atoms with van der Waals surface area (Å²) in [4.78, 5) is 51.3. The van der Waals surface area contributed by atoms with E-state index in [9.17, 15) is 29.6 Å². The van der Waals surface area contributed by atoms with Crippen LogP contribution >= 0.6 is 0 Å². The minimum atomic E-state index is -1.89. The van der Waals surface area contributed by atoms with Crippen LogP contribution in [0.25, 0.3) is 22.3 Å². The van der Waals surface area contributed by atoms with E-state index in [1.54, 1.807) is 31.2 Å². The molecule has 0 spiro atoms. The number of aromatic nitrogens is 2. The topological polar surface area (TPSA) is 177 Å². The number of aliphatic hydroxyl groups is 1. The Morgan fingerprint density at radius 2 is 1.98 bits per heavy atom. The minimum Gasteiger partial charge on any atom is -0.465 e. The molecule has 0 bridgehead atoms. The summed E-state index contributed by atoms with van der Waals surface area (Å²) in [6.07, 6.45) is 5.91. The van der Waals surface area contributed by atoms with Crippen LogP contribution in [0.3, 0.4) is 0 Å². The Kier molecular flexibility index (Phi) is 9.14. The average Bonchev–Trinajstić information content (AvgIpc) is 3.33. The summed E-state index contributed by atoms with van der Waals surface area (Å²) in [6, 6.07) is 7.92. The molecule has 2 aliphatic heterocycles. The lowest BCUT2D eigenvalue weighted by Crippen LogP contribution is -2.44. The van der Waals surface area contributed by atoms with E-state index in [2.05, 4.69) is 11.9 Å². The number of nitrogens with two attached hydrogens (primary N) is 1. The third-order valence-electron chi connectivity index (χ3n) is 7.40. The Labute approximate surface area is 236 Å². The maximum atomic E-state index is 13.1. The zero-order valence-electron chi connectivity index (χ0n) is 23.2. The number of pyridine rings is 2. The fourth-order valence-corrected chi connectivity index (χ4v) is 5.10. The molecule has 4 heterocycles. The first kappa shape index (κ1) is 29.8. The molecule has 0 radical (unpaired) electrons. The highest BCUT2D eigenvalue weighted by Gasteiger charge is 2.45. The number of hydrogen-bond donors (Lipinski definition) is 2. The van der Waals surface area contributed by atoms with E-state index in [-0.39, 0.29) is 54.5 Å². The monoisotopic (exact) mass is 566 g/mol. The molecule has 1 unspecified atom stereocenters. The summed E-state index contributed by atoms with van der Waals surface area (Å²) in [5, 5.41) is 22.6. The van der Waals surface area contributed by atoms with Crippen LogP contribution in [-0.2, 0) is 37.8 Å². The maximum absolute atomic E-state index is 13.1. The number of benzene rings is 1. The number of non-ortho nitro benzene ring substituents is 1. The normalized spacial score (nSPS) is 16.6. The lowest BCUT2D eigenvalue weighted by atomic mass is 9.86. The van der Waals surface area contributed by atoms with Gasteiger partial charge >= 0.3 is 11.9 Å². The van der Waals surface area contributed by atoms with Crippen molar-refractivity contribution in [3.63, 3.8) is 0 Å². The van der Waals surface area contributed by atoms with Gasteiger partial charge in [0.25, 0.3) is 11.2 Å². The van der Waals surface area contributed by atoms with Crippen molar-refractivity contribution in [3.05, 3.63) is 67.5 Å². The van der Waals surface area contributed by atoms with Gasteiger partial charge in [0.2, 0.25) is 0 Å². The van der Waals surface area contributed by atoms with Crippen molar-refractivity contribution in [3.8, 4) is 11.4 Å². The fourth-order valence-electron chi connectivity index (χ4n) is 5.10. The predicted molar refractivity (Wildman–Crippen MR) is 150 cm³/mol. The third kappa shape index (κ3) is 5.84. The van der Waals surface area contributed by atoms with E-state index in [4.69, 9.17) is 15.2 Å². The van der Waals surface area contributed by atoms with Crippen molar-refractivity contribution < 1.29 is 29.1 Å². The molecule has 0 aliphatic carbocycles. The number of hydrogen-bond acceptors (Lipinski definition) is 10. The number of cyclic esters (lactones) is 1. The molecule has 1 aromatic carbocycles. The van der Waals surface area contributed by atoms with Gasteiger partial charge in [-0.25, -0.2) is 9.78 Å². The van der Waals surface area contributed by atoms with Gasteiger partial charge in [0.1, 0.15) is 6.61 Å². The van der Waals surface area contributed by atoms with Crippen molar-refractivity contribution in [2.75, 3.05) is 13.2 Å². The highest BCUT2D eigenvalue weighted by molar-refractivity contribution is 5.91. The Morgan fingerprint density at radius 1 is 1.22 bits per heavy atom. The van der Waals surface area contributed by atoms with Gasteiger partial charge in [-0.2, -0.15) is 0 Å². The summed E-state index contributed by atoms with van der Waals surface area (Å²) >= 11 is 0. The van der Waals surface area contributed by atoms with Crippen molar-refractivity contribution in [1.82, 2.24) is 9.55 Å². The first-order chi connectivity index (χ1) is 19.7. The van der Waals surface area contributed by atoms with Crippen LogP contribution in [0, 0.1) is 10.1 Å². The summed E-state index contributed by atoms with van der Waals surface area (Å²) in [5.41, 5.74) is 5.30. The number of nitro benzene ring substituents is 1. The molecule has 218 valence electrons. The summed E-state index contributed by atoms with van der Waals surface area (Å²) in [7, 11) is 0. The molecule has 1 atom stereocenters. The number of carbonyl (C=O) groups excluding carboxylic acids is 2. The van der Waals surface area contributed by atoms with Crippen LogP contribution in [0.15, 0.2) is 35.1 Å². The second-order valence-electron chi connectivity index (χ2n) is 10.0. The van der Waals surface area contributed by atoms with E-state index in [0.29, 0.717) is 34.5 Å². The summed E-state index contributed by atoms with van der Waals surface area (Å²) < 4.78 is 11.3. The first-order valence-electron chi connectivity index (χ1n) is 13.8. The Balaban J connectivity index is 0.000000275. The zero-order chi connectivity index (χ0) is 29.7. The van der Waals surface area contributed by atoms with Crippen molar-refractivity contribution in [2.45, 2.75) is 71.1 Å². The lowest BCUT2D eigenvalue weighted by Gasteiger charge is -2.31. The van der Waals surface area contributed by atoms with E-state index < -0.39 is 16.5 Å². The van der Waals surface area contributed by atoms with Gasteiger partial charge < -0.3 is 24.9 Å². The number of rotatable bonds is 9. The minimum absolute atomic E-state index is 0.00500. The molecule has 0 saturated heterocycles. The molecule has 0 amide bonds. The first-order valence-corrected chi connectivity index (χ1v) is 13.8. The number of carbonyl (C=O) groups is 2. The van der Waals surface area contributed by atoms with Crippen molar-refractivity contribution >= 4 is 28.5 Å². The Morgan fingerprint density at radius 3 is 2.66 bits per heavy atom. The van der Waals surface area contributed by atoms with Crippen LogP contribution in [-0.4, -0.2) is 44.7 Å². The van der Waals surface area contributed by atoms with E-state index in [1.807, 2.05) is 0 Å². The van der Waals surface area contributed by atoms with Gasteiger partial charge in [-0.1, -0.05) is 45.6 Å². The van der Waals surface area contributed by atoms with E-state index in [0.717, 1.165) is 12.8 Å². The molecule has 2 aliphatic rings. The van der Waals surface area contributed by atoms with Crippen LogP contribution < -0.4 is 11.3 Å². The van der Waals surface area contributed by atoms with Gasteiger partial charge in [-0.3, -0.25) is 19.7 Å². The number of fused-ring (bicyclic) bond motifs is 5. The van der Waals surface area contributed by atoms with E-state index in [1.165, 1.54) is 29.9 Å². The van der Waals surface area contributed by atoms with Crippen LogP contribution in [0.4, 0.5) is 5.69 Å². The standard InChI is InChI=1S/C20H15N3O6.C9H19NO2/c1-2-20(26)13-7-16-17-10(8-22(16)18(24)12(13)9-29-19(20)25)6-11-14(21-17)4-3-5-15(11)23(27)28;1-2-3-4-5-6-7-12-9(11)8-10/h3-7,26H,2,8-9H2,1H3;2-8,10H2,1H3. The second-order valence-corrected chi connectivity index (χ2v) is 10.0. The molecular formula is C29H34N4O8. The molecule has 12 heteroatoms. The SMILES string of the molecule is CCC1(O)C(=O)OCc2c1cc1n(c2=O)Cc2cc3c([N+](=O)[O-])cccc3nc2-1.CCCCCCCOC(=O)CN. The second kappa shape index (κ2) is 12.6. The lowest BCUT2D eigenvalue weighted by molar-refractivity contribution is -0.383. The van der Waals surface area contributed by atoms with Gasteiger partial charge in [0.05, 0.1) is 52.5 Å². The molecule has 5 rings (SSSR count). The van der Waals surface area contributed by atoms with Crippen LogP contribution in [0.1, 0.15) is 69.1 Å². The van der Waals surface area contributed by atoms with Gasteiger partial charge in [0.15, 0.2) is 5.60 Å². The van der Waals surface area contributed by atoms with E-state index >= 15 is 0 Å². The van der Waals surface area contributed by atoms with Gasteiger partial charge in [-0.05, 0) is 31.0 Å². The number of esters is 2. The van der Waals surface area contributed by atoms with Crippen molar-refractivity contribution in [1.29, 1.82) is 0 Å². The Bertz CT molecular complexity index is 1550. The molecule has 41 heavy (non-hydrogen) atoms. The summed E-state index contributed by atoms with van der Waals surface area (Å²) in [6.45, 7) is 4.33. The highest BCUT2D eigenvalue weighted by atomic mass is 16.6. The van der Waals surface area contributed by atoms with Crippen LogP contribution in [0.2, 0.25) is 0 Å². The Hall–Kier alpha value is -4.16. The molecule has 0 saturated carbocycles. The number of nitrogens with zero attached hydrogens (tertiary/aromatic N) is 3. The fraction of sp³-hybridized carbons (Fsp3) is 0.448. The molecule has 0 fully saturated rings. The number of nitro groups is 1. The van der Waals surface area contributed by atoms with Gasteiger partial charge in [-0.15, -0.1) is 0 Å². The third-order valence-corrected chi connectivity index (χ3v) is 7.40. The zero-order valence-corrected chi connectivity index (χ0v) is 23.2. The molecule has 3 aromatic rings. The largest absolute Gasteiger partial charge is 0.465 e. The molecular weight excluding hydrogens is 532 g/mol. The maximum Gasteiger partial charge on any atom is 0.343 e. The van der Waals surface area contributed by atoms with Crippen molar-refractivity contribution in [2.24, 2.45) is 5.73 Å². The predicted octanol–water partition coefficient (Wildman–Crippen LogP) is 3.45. The number of unbranched alkanes of at least 4 members (excludes halogenated alkanes) is 4. The quantitative estimate of drug-likeness (QED) is 0.132. The number of ether oxygens (including phenoxy) is 2. The summed E-state index contributed by atoms with van der Waals surface area (Å²) in [5.74, 6) is -1.08. The highest BCUT2D eigenvalue weighted by Crippen LogP contribution is 2.39. The molecule has 12 nitrogen and oxygen atoms in total. The molecule has 3 N–H and O–H groups in total.